The second-order valence-electron chi connectivity index (χ2n) is 6.52. The molecule has 2 N–H and O–H groups in total. The Balaban J connectivity index is 1.66. The van der Waals surface area contributed by atoms with E-state index in [4.69, 9.17) is 0 Å². The molecule has 0 radical (unpaired) electrons. The molecular weight excluding hydrogens is 307 g/mol. The normalized spacial score (nSPS) is 14.9. The number of carbonyl (C=O) groups excluding carboxylic acids is 2. The molecule has 1 heterocycles. The molecule has 1 aliphatic heterocycles. The van der Waals surface area contributed by atoms with Gasteiger partial charge < -0.3 is 10.6 Å². The summed E-state index contributed by atoms with van der Waals surface area (Å²) in [6.45, 7) is 3.70. The van der Waals surface area contributed by atoms with Gasteiger partial charge in [-0.2, -0.15) is 0 Å². The molecule has 2 aromatic carbocycles. The first-order valence-corrected chi connectivity index (χ1v) is 7.86. The Hall–Kier alpha value is -2.69. The van der Waals surface area contributed by atoms with Crippen molar-refractivity contribution in [3.8, 4) is 0 Å². The quantitative estimate of drug-likeness (QED) is 0.901. The summed E-state index contributed by atoms with van der Waals surface area (Å²) >= 11 is 0. The maximum absolute atomic E-state index is 13.1. The fourth-order valence-electron chi connectivity index (χ4n) is 2.82. The summed E-state index contributed by atoms with van der Waals surface area (Å²) in [5, 5.41) is 5.67. The molecule has 0 fully saturated rings. The number of aryl methyl sites for hydroxylation is 1. The molecule has 2 aromatic rings. The predicted octanol–water partition coefficient (Wildman–Crippen LogP) is 3.63. The van der Waals surface area contributed by atoms with Gasteiger partial charge in [0.1, 0.15) is 5.82 Å². The minimum absolute atomic E-state index is 0.0490. The highest BCUT2D eigenvalue weighted by atomic mass is 19.1. The van der Waals surface area contributed by atoms with E-state index in [2.05, 4.69) is 10.6 Å². The van der Waals surface area contributed by atoms with Crippen LogP contribution >= 0.6 is 0 Å². The fraction of sp³-hybridized carbons (Fsp3) is 0.263. The van der Waals surface area contributed by atoms with E-state index in [1.807, 2.05) is 19.9 Å². The van der Waals surface area contributed by atoms with Gasteiger partial charge in [-0.05, 0) is 61.7 Å². The molecule has 2 amide bonds. The third-order valence-electron chi connectivity index (χ3n) is 4.32. The Morgan fingerprint density at radius 3 is 2.75 bits per heavy atom. The lowest BCUT2D eigenvalue weighted by atomic mass is 9.86. The second-order valence-corrected chi connectivity index (χ2v) is 6.52. The van der Waals surface area contributed by atoms with E-state index in [-0.39, 0.29) is 24.1 Å². The number of carbonyl (C=O) groups is 2. The summed E-state index contributed by atoms with van der Waals surface area (Å²) in [6, 6.07) is 11.6. The van der Waals surface area contributed by atoms with Crippen molar-refractivity contribution >= 4 is 23.2 Å². The molecule has 0 bridgehead atoms. The zero-order chi connectivity index (χ0) is 17.3. The van der Waals surface area contributed by atoms with Crippen LogP contribution in [0.1, 0.15) is 31.4 Å². The first kappa shape index (κ1) is 16.2. The van der Waals surface area contributed by atoms with Crippen LogP contribution in [0.4, 0.5) is 15.8 Å². The minimum atomic E-state index is -0.613. The maximum Gasteiger partial charge on any atom is 0.234 e. The molecule has 124 valence electrons. The summed E-state index contributed by atoms with van der Waals surface area (Å²) in [6.07, 6.45) is 0.737. The highest BCUT2D eigenvalue weighted by molar-refractivity contribution is 6.06. The number of nitrogens with one attached hydrogen (secondary N) is 2. The topological polar surface area (TPSA) is 58.2 Å². The SMILES string of the molecule is CC1(C)C(=O)Nc2ccc(NC(=O)CCc3cccc(F)c3)cc21. The van der Waals surface area contributed by atoms with E-state index >= 15 is 0 Å². The Morgan fingerprint density at radius 1 is 1.21 bits per heavy atom. The predicted molar refractivity (Wildman–Crippen MR) is 91.4 cm³/mol. The number of benzene rings is 2. The molecule has 0 unspecified atom stereocenters. The summed E-state index contributed by atoms with van der Waals surface area (Å²) in [7, 11) is 0. The van der Waals surface area contributed by atoms with E-state index in [0.29, 0.717) is 12.1 Å². The molecule has 4 nitrogen and oxygen atoms in total. The zero-order valence-corrected chi connectivity index (χ0v) is 13.7. The first-order valence-electron chi connectivity index (χ1n) is 7.86. The monoisotopic (exact) mass is 326 g/mol. The van der Waals surface area contributed by atoms with E-state index < -0.39 is 5.41 Å². The Labute approximate surface area is 140 Å². The van der Waals surface area contributed by atoms with Gasteiger partial charge >= 0.3 is 0 Å². The van der Waals surface area contributed by atoms with E-state index in [1.54, 1.807) is 24.3 Å². The van der Waals surface area contributed by atoms with Gasteiger partial charge in [0.15, 0.2) is 0 Å². The lowest BCUT2D eigenvalue weighted by molar-refractivity contribution is -0.119. The van der Waals surface area contributed by atoms with Crippen molar-refractivity contribution in [2.75, 3.05) is 10.6 Å². The number of hydrogen-bond acceptors (Lipinski definition) is 2. The number of rotatable bonds is 4. The van der Waals surface area contributed by atoms with Crippen LogP contribution in [0.2, 0.25) is 0 Å². The largest absolute Gasteiger partial charge is 0.326 e. The van der Waals surface area contributed by atoms with Crippen molar-refractivity contribution in [1.82, 2.24) is 0 Å². The summed E-state index contributed by atoms with van der Waals surface area (Å²) in [5.41, 5.74) is 2.48. The lowest BCUT2D eigenvalue weighted by Crippen LogP contribution is -2.26. The van der Waals surface area contributed by atoms with Gasteiger partial charge in [0, 0.05) is 17.8 Å². The molecule has 0 spiro atoms. The van der Waals surface area contributed by atoms with Gasteiger partial charge in [0.2, 0.25) is 11.8 Å². The standard InChI is InChI=1S/C19H19FN2O2/c1-19(2)15-11-14(7-8-16(15)22-18(19)24)21-17(23)9-6-12-4-3-5-13(20)10-12/h3-5,7-8,10-11H,6,9H2,1-2H3,(H,21,23)(H,22,24). The summed E-state index contributed by atoms with van der Waals surface area (Å²) < 4.78 is 13.1. The van der Waals surface area contributed by atoms with Crippen molar-refractivity contribution in [1.29, 1.82) is 0 Å². The van der Waals surface area contributed by atoms with Crippen LogP contribution in [-0.2, 0) is 21.4 Å². The van der Waals surface area contributed by atoms with Gasteiger partial charge in [-0.3, -0.25) is 9.59 Å². The van der Waals surface area contributed by atoms with Gasteiger partial charge in [-0.15, -0.1) is 0 Å². The average molecular weight is 326 g/mol. The number of anilines is 2. The molecule has 3 rings (SSSR count). The first-order chi connectivity index (χ1) is 11.4. The highest BCUT2D eigenvalue weighted by Gasteiger charge is 2.38. The minimum Gasteiger partial charge on any atom is -0.326 e. The van der Waals surface area contributed by atoms with E-state index in [9.17, 15) is 14.0 Å². The molecule has 0 aliphatic carbocycles. The van der Waals surface area contributed by atoms with Crippen molar-refractivity contribution < 1.29 is 14.0 Å². The second kappa shape index (κ2) is 6.07. The highest BCUT2D eigenvalue weighted by Crippen LogP contribution is 2.38. The van der Waals surface area contributed by atoms with Crippen LogP contribution in [0, 0.1) is 5.82 Å². The molecule has 0 atom stereocenters. The van der Waals surface area contributed by atoms with Crippen LogP contribution in [0.15, 0.2) is 42.5 Å². The Kier molecular flexibility index (Phi) is 4.09. The molecule has 24 heavy (non-hydrogen) atoms. The Morgan fingerprint density at radius 2 is 2.00 bits per heavy atom. The number of amides is 2. The van der Waals surface area contributed by atoms with Crippen LogP contribution in [0.3, 0.4) is 0 Å². The van der Waals surface area contributed by atoms with Crippen LogP contribution in [0.5, 0.6) is 0 Å². The van der Waals surface area contributed by atoms with E-state index in [1.165, 1.54) is 12.1 Å². The molecule has 5 heteroatoms. The van der Waals surface area contributed by atoms with Gasteiger partial charge in [-0.1, -0.05) is 12.1 Å². The summed E-state index contributed by atoms with van der Waals surface area (Å²) in [5.74, 6) is -0.493. The third-order valence-corrected chi connectivity index (χ3v) is 4.32. The van der Waals surface area contributed by atoms with Crippen molar-refractivity contribution in [3.05, 3.63) is 59.4 Å². The number of fused-ring (bicyclic) bond motifs is 1. The van der Waals surface area contributed by atoms with Gasteiger partial charge in [-0.25, -0.2) is 4.39 Å². The van der Waals surface area contributed by atoms with Crippen molar-refractivity contribution in [2.45, 2.75) is 32.1 Å². The third kappa shape index (κ3) is 3.15. The lowest BCUT2D eigenvalue weighted by Gasteiger charge is -2.16. The summed E-state index contributed by atoms with van der Waals surface area (Å²) in [4.78, 5) is 24.1. The molecular formula is C19H19FN2O2. The van der Waals surface area contributed by atoms with Crippen molar-refractivity contribution in [3.63, 3.8) is 0 Å². The van der Waals surface area contributed by atoms with Gasteiger partial charge in [0.25, 0.3) is 0 Å². The number of hydrogen-bond donors (Lipinski definition) is 2. The molecule has 0 saturated heterocycles. The molecule has 0 aromatic heterocycles. The van der Waals surface area contributed by atoms with Crippen LogP contribution < -0.4 is 10.6 Å². The van der Waals surface area contributed by atoms with E-state index in [0.717, 1.165) is 16.8 Å². The average Bonchev–Trinajstić information content (AvgIpc) is 2.76. The molecule has 0 saturated carbocycles. The number of halogens is 1. The van der Waals surface area contributed by atoms with Gasteiger partial charge in [0.05, 0.1) is 5.41 Å². The van der Waals surface area contributed by atoms with Crippen LogP contribution in [0.25, 0.3) is 0 Å². The fourth-order valence-corrected chi connectivity index (χ4v) is 2.82. The molecule has 1 aliphatic rings. The van der Waals surface area contributed by atoms with Crippen LogP contribution in [-0.4, -0.2) is 11.8 Å². The Bertz CT molecular complexity index is 815. The zero-order valence-electron chi connectivity index (χ0n) is 13.7. The van der Waals surface area contributed by atoms with Crippen molar-refractivity contribution in [2.24, 2.45) is 0 Å². The smallest absolute Gasteiger partial charge is 0.234 e. The maximum atomic E-state index is 13.1.